The third-order valence-corrected chi connectivity index (χ3v) is 4.04. The van der Waals surface area contributed by atoms with Gasteiger partial charge in [-0.2, -0.15) is 0 Å². The average Bonchev–Trinajstić information content (AvgIpc) is 2.54. The Hall–Kier alpha value is -2.18. The second kappa shape index (κ2) is 8.08. The van der Waals surface area contributed by atoms with Gasteiger partial charge in [0.2, 0.25) is 5.91 Å². The first-order valence-corrected chi connectivity index (χ1v) is 8.44. The standard InChI is InChI=1S/C17H27N5O2/c1-12(2)9-16(23)22-7-5-13(6-8-22)19-15-11-18-10-14(20-15)17(24)21(3)4/h10-13H,5-9H2,1-4H3,(H,19,20). The number of carbonyl (C=O) groups excluding carboxylic acids is 2. The molecule has 0 spiro atoms. The minimum atomic E-state index is -0.166. The maximum absolute atomic E-state index is 12.1. The molecule has 1 N–H and O–H groups in total. The van der Waals surface area contributed by atoms with E-state index < -0.39 is 0 Å². The second-order valence-electron chi connectivity index (χ2n) is 6.89. The first-order valence-electron chi connectivity index (χ1n) is 8.44. The molecule has 132 valence electrons. The van der Waals surface area contributed by atoms with E-state index in [1.807, 2.05) is 4.90 Å². The van der Waals surface area contributed by atoms with Crippen molar-refractivity contribution in [2.75, 3.05) is 32.5 Å². The van der Waals surface area contributed by atoms with Crippen LogP contribution >= 0.6 is 0 Å². The summed E-state index contributed by atoms with van der Waals surface area (Å²) >= 11 is 0. The molecule has 7 heteroatoms. The summed E-state index contributed by atoms with van der Waals surface area (Å²) in [6.45, 7) is 5.64. The predicted molar refractivity (Wildman–Crippen MR) is 92.7 cm³/mol. The summed E-state index contributed by atoms with van der Waals surface area (Å²) in [5.41, 5.74) is 0.328. The van der Waals surface area contributed by atoms with Crippen molar-refractivity contribution in [3.8, 4) is 0 Å². The Balaban J connectivity index is 1.89. The Morgan fingerprint density at radius 2 is 1.96 bits per heavy atom. The highest BCUT2D eigenvalue weighted by Crippen LogP contribution is 2.17. The fraction of sp³-hybridized carbons (Fsp3) is 0.647. The van der Waals surface area contributed by atoms with E-state index in [0.717, 1.165) is 25.9 Å². The van der Waals surface area contributed by atoms with Gasteiger partial charge in [-0.05, 0) is 18.8 Å². The number of anilines is 1. The van der Waals surface area contributed by atoms with Crippen LogP contribution in [-0.2, 0) is 4.79 Å². The van der Waals surface area contributed by atoms with Crippen molar-refractivity contribution in [1.29, 1.82) is 0 Å². The van der Waals surface area contributed by atoms with Crippen molar-refractivity contribution < 1.29 is 9.59 Å². The third-order valence-electron chi connectivity index (χ3n) is 4.04. The number of nitrogens with zero attached hydrogens (tertiary/aromatic N) is 4. The van der Waals surface area contributed by atoms with E-state index in [1.165, 1.54) is 11.1 Å². The molecule has 1 aliphatic heterocycles. The number of nitrogens with one attached hydrogen (secondary N) is 1. The molecule has 1 aromatic rings. The van der Waals surface area contributed by atoms with Crippen LogP contribution in [0.2, 0.25) is 0 Å². The molecule has 0 aromatic carbocycles. The van der Waals surface area contributed by atoms with E-state index in [1.54, 1.807) is 20.3 Å². The van der Waals surface area contributed by atoms with Crippen molar-refractivity contribution in [1.82, 2.24) is 19.8 Å². The van der Waals surface area contributed by atoms with Crippen LogP contribution < -0.4 is 5.32 Å². The van der Waals surface area contributed by atoms with Gasteiger partial charge in [0.05, 0.1) is 12.4 Å². The molecule has 1 saturated heterocycles. The van der Waals surface area contributed by atoms with Crippen LogP contribution in [0.5, 0.6) is 0 Å². The van der Waals surface area contributed by atoms with Gasteiger partial charge in [-0.3, -0.25) is 14.6 Å². The maximum Gasteiger partial charge on any atom is 0.273 e. The van der Waals surface area contributed by atoms with Crippen molar-refractivity contribution in [3.63, 3.8) is 0 Å². The van der Waals surface area contributed by atoms with Crippen LogP contribution in [0.3, 0.4) is 0 Å². The Bertz CT molecular complexity index is 580. The summed E-state index contributed by atoms with van der Waals surface area (Å²) in [7, 11) is 3.38. The summed E-state index contributed by atoms with van der Waals surface area (Å²) in [5.74, 6) is 1.07. The third kappa shape index (κ3) is 4.91. The van der Waals surface area contributed by atoms with E-state index in [0.29, 0.717) is 23.9 Å². The quantitative estimate of drug-likeness (QED) is 0.886. The zero-order valence-corrected chi connectivity index (χ0v) is 15.0. The summed E-state index contributed by atoms with van der Waals surface area (Å²) in [6, 6.07) is 0.243. The van der Waals surface area contributed by atoms with Crippen molar-refractivity contribution in [2.45, 2.75) is 39.2 Å². The number of rotatable bonds is 5. The zero-order chi connectivity index (χ0) is 17.7. The van der Waals surface area contributed by atoms with Gasteiger partial charge in [-0.25, -0.2) is 4.98 Å². The molecule has 0 unspecified atom stereocenters. The predicted octanol–water partition coefficient (Wildman–Crippen LogP) is 1.63. The molecule has 0 saturated carbocycles. The first kappa shape index (κ1) is 18.2. The SMILES string of the molecule is CC(C)CC(=O)N1CCC(Nc2cncc(C(=O)N(C)C)n2)CC1. The summed E-state index contributed by atoms with van der Waals surface area (Å²) in [5, 5.41) is 3.33. The van der Waals surface area contributed by atoms with Gasteiger partial charge in [0.1, 0.15) is 11.5 Å². The smallest absolute Gasteiger partial charge is 0.273 e. The fourth-order valence-electron chi connectivity index (χ4n) is 2.73. The number of carbonyl (C=O) groups is 2. The Morgan fingerprint density at radius 3 is 2.54 bits per heavy atom. The lowest BCUT2D eigenvalue weighted by Gasteiger charge is -2.33. The number of hydrogen-bond acceptors (Lipinski definition) is 5. The van der Waals surface area contributed by atoms with Crippen LogP contribution in [-0.4, -0.2) is 64.8 Å². The molecule has 1 aliphatic rings. The largest absolute Gasteiger partial charge is 0.366 e. The van der Waals surface area contributed by atoms with Crippen LogP contribution in [0.15, 0.2) is 12.4 Å². The fourth-order valence-corrected chi connectivity index (χ4v) is 2.73. The van der Waals surface area contributed by atoms with E-state index >= 15 is 0 Å². The molecule has 1 aromatic heterocycles. The van der Waals surface area contributed by atoms with Gasteiger partial charge in [-0.15, -0.1) is 0 Å². The molecule has 2 amide bonds. The lowest BCUT2D eigenvalue weighted by molar-refractivity contribution is -0.132. The van der Waals surface area contributed by atoms with Crippen LogP contribution in [0.25, 0.3) is 0 Å². The molecule has 24 heavy (non-hydrogen) atoms. The molecule has 2 heterocycles. The first-order chi connectivity index (χ1) is 11.4. The highest BCUT2D eigenvalue weighted by molar-refractivity contribution is 5.91. The normalized spacial score (nSPS) is 15.5. The molecule has 0 bridgehead atoms. The van der Waals surface area contributed by atoms with Crippen LogP contribution in [0, 0.1) is 5.92 Å². The number of piperidine rings is 1. The van der Waals surface area contributed by atoms with Gasteiger partial charge in [-0.1, -0.05) is 13.8 Å². The average molecular weight is 333 g/mol. The molecular formula is C17H27N5O2. The highest BCUT2D eigenvalue weighted by atomic mass is 16.2. The van der Waals surface area contributed by atoms with Gasteiger partial charge in [0, 0.05) is 39.6 Å². The number of amides is 2. The zero-order valence-electron chi connectivity index (χ0n) is 15.0. The lowest BCUT2D eigenvalue weighted by Crippen LogP contribution is -2.42. The Labute approximate surface area is 143 Å². The monoisotopic (exact) mass is 333 g/mol. The number of likely N-dealkylation sites (tertiary alicyclic amines) is 1. The van der Waals surface area contributed by atoms with E-state index in [9.17, 15) is 9.59 Å². The molecule has 0 atom stereocenters. The number of hydrogen-bond donors (Lipinski definition) is 1. The van der Waals surface area contributed by atoms with E-state index in [4.69, 9.17) is 0 Å². The van der Waals surface area contributed by atoms with Crippen LogP contribution in [0.1, 0.15) is 43.6 Å². The molecule has 0 radical (unpaired) electrons. The summed E-state index contributed by atoms with van der Waals surface area (Å²) < 4.78 is 0. The van der Waals surface area contributed by atoms with Gasteiger partial charge in [0.25, 0.3) is 5.91 Å². The second-order valence-corrected chi connectivity index (χ2v) is 6.89. The van der Waals surface area contributed by atoms with Crippen molar-refractivity contribution >= 4 is 17.6 Å². The Morgan fingerprint density at radius 1 is 1.29 bits per heavy atom. The minimum Gasteiger partial charge on any atom is -0.366 e. The maximum atomic E-state index is 12.1. The minimum absolute atomic E-state index is 0.166. The molecular weight excluding hydrogens is 306 g/mol. The Kier molecular flexibility index (Phi) is 6.11. The number of aromatic nitrogens is 2. The lowest BCUT2D eigenvalue weighted by atomic mass is 10.0. The summed E-state index contributed by atoms with van der Waals surface area (Å²) in [4.78, 5) is 35.9. The van der Waals surface area contributed by atoms with E-state index in [-0.39, 0.29) is 17.9 Å². The topological polar surface area (TPSA) is 78.4 Å². The molecule has 7 nitrogen and oxygen atoms in total. The van der Waals surface area contributed by atoms with Gasteiger partial charge < -0.3 is 15.1 Å². The molecule has 2 rings (SSSR count). The molecule has 0 aliphatic carbocycles. The molecule has 1 fully saturated rings. The van der Waals surface area contributed by atoms with Gasteiger partial charge in [0.15, 0.2) is 0 Å². The van der Waals surface area contributed by atoms with E-state index in [2.05, 4.69) is 29.1 Å². The highest BCUT2D eigenvalue weighted by Gasteiger charge is 2.23. The van der Waals surface area contributed by atoms with Gasteiger partial charge >= 0.3 is 0 Å². The van der Waals surface area contributed by atoms with Crippen LogP contribution in [0.4, 0.5) is 5.82 Å². The van der Waals surface area contributed by atoms with Crippen molar-refractivity contribution in [3.05, 3.63) is 18.1 Å². The summed E-state index contributed by atoms with van der Waals surface area (Å²) in [6.07, 6.45) is 5.45. The van der Waals surface area contributed by atoms with Crippen molar-refractivity contribution in [2.24, 2.45) is 5.92 Å².